The Balaban J connectivity index is 1.30. The average Bonchev–Trinajstić information content (AvgIpc) is 2.73. The number of Topliss-reactive ketones (excluding diaryl/α,β-unsaturated/α-hetero) is 1. The van der Waals surface area contributed by atoms with Gasteiger partial charge in [0.05, 0.1) is 12.0 Å². The number of nitrogens with zero attached hydrogens (tertiary/aromatic N) is 1. The Morgan fingerprint density at radius 3 is 2.52 bits per heavy atom. The normalized spacial score (nSPS) is 19.5. The number of carbonyl (C=O) groups is 2. The van der Waals surface area contributed by atoms with Crippen LogP contribution in [0, 0.1) is 6.92 Å². The quantitative estimate of drug-likeness (QED) is 0.743. The van der Waals surface area contributed by atoms with Crippen LogP contribution >= 0.6 is 0 Å². The summed E-state index contributed by atoms with van der Waals surface area (Å²) in [6.07, 6.45) is 1.65. The fourth-order valence-electron chi connectivity index (χ4n) is 4.36. The molecule has 0 saturated carbocycles. The molecular weight excluding hydrogens is 370 g/mol. The first-order valence-corrected chi connectivity index (χ1v) is 10.0. The molecule has 3 heterocycles. The largest absolute Gasteiger partial charge is 0.486 e. The summed E-state index contributed by atoms with van der Waals surface area (Å²) >= 11 is 0. The lowest BCUT2D eigenvalue weighted by atomic mass is 9.82. The number of carbonyl (C=O) groups excluding carboxylic acids is 2. The van der Waals surface area contributed by atoms with Gasteiger partial charge in [0.2, 0.25) is 0 Å². The molecule has 0 aromatic heterocycles. The van der Waals surface area contributed by atoms with Gasteiger partial charge in [-0.2, -0.15) is 0 Å². The summed E-state index contributed by atoms with van der Waals surface area (Å²) in [4.78, 5) is 27.5. The Labute approximate surface area is 169 Å². The monoisotopic (exact) mass is 393 g/mol. The summed E-state index contributed by atoms with van der Waals surface area (Å²) in [5, 5.41) is 0. The summed E-state index contributed by atoms with van der Waals surface area (Å²) in [5.41, 5.74) is 1.81. The van der Waals surface area contributed by atoms with Gasteiger partial charge in [-0.15, -0.1) is 0 Å². The number of aryl methyl sites for hydroxylation is 1. The number of piperidine rings is 1. The van der Waals surface area contributed by atoms with Crippen LogP contribution in [-0.2, 0) is 0 Å². The Hall–Kier alpha value is -3.02. The Morgan fingerprint density at radius 2 is 1.72 bits per heavy atom. The predicted molar refractivity (Wildman–Crippen MR) is 106 cm³/mol. The van der Waals surface area contributed by atoms with E-state index in [4.69, 9.17) is 14.2 Å². The van der Waals surface area contributed by atoms with Gasteiger partial charge in [-0.25, -0.2) is 0 Å². The maximum Gasteiger partial charge on any atom is 0.253 e. The Kier molecular flexibility index (Phi) is 4.23. The van der Waals surface area contributed by atoms with E-state index in [1.807, 2.05) is 30.0 Å². The molecule has 1 amide bonds. The van der Waals surface area contributed by atoms with Gasteiger partial charge in [0, 0.05) is 31.5 Å². The number of hydrogen-bond donors (Lipinski definition) is 0. The number of hydrogen-bond acceptors (Lipinski definition) is 5. The van der Waals surface area contributed by atoms with Gasteiger partial charge < -0.3 is 19.1 Å². The van der Waals surface area contributed by atoms with Crippen molar-refractivity contribution < 1.29 is 23.8 Å². The van der Waals surface area contributed by atoms with Crippen LogP contribution in [0.2, 0.25) is 0 Å². The van der Waals surface area contributed by atoms with E-state index in [9.17, 15) is 9.59 Å². The van der Waals surface area contributed by atoms with Crippen LogP contribution in [0.1, 0.15) is 45.5 Å². The molecule has 0 aliphatic carbocycles. The fraction of sp³-hybridized carbons (Fsp3) is 0.391. The summed E-state index contributed by atoms with van der Waals surface area (Å²) in [5.74, 6) is 2.05. The minimum atomic E-state index is -0.512. The minimum absolute atomic E-state index is 0.0322. The second kappa shape index (κ2) is 6.79. The topological polar surface area (TPSA) is 65.1 Å². The van der Waals surface area contributed by atoms with Crippen molar-refractivity contribution >= 4 is 11.7 Å². The van der Waals surface area contributed by atoms with Crippen molar-refractivity contribution in [2.24, 2.45) is 0 Å². The molecule has 29 heavy (non-hydrogen) atoms. The number of ether oxygens (including phenoxy) is 3. The van der Waals surface area contributed by atoms with Crippen molar-refractivity contribution in [3.05, 3.63) is 53.1 Å². The number of rotatable bonds is 1. The highest BCUT2D eigenvalue weighted by atomic mass is 16.6. The standard InChI is InChI=1S/C23H23NO5/c1-15-2-4-17-18(25)14-23(29-20(17)12-15)6-8-24(9-7-23)22(26)16-3-5-19-21(13-16)28-11-10-27-19/h2-5,12-13H,6-11,14H2,1H3. The van der Waals surface area contributed by atoms with Crippen LogP contribution in [0.15, 0.2) is 36.4 Å². The first-order chi connectivity index (χ1) is 14.0. The predicted octanol–water partition coefficient (Wildman–Crippen LogP) is 3.41. The van der Waals surface area contributed by atoms with Crippen molar-refractivity contribution in [3.8, 4) is 17.2 Å². The van der Waals surface area contributed by atoms with E-state index in [1.54, 1.807) is 18.2 Å². The molecule has 150 valence electrons. The van der Waals surface area contributed by atoms with Crippen LogP contribution in [0.4, 0.5) is 0 Å². The number of amides is 1. The third kappa shape index (κ3) is 3.22. The molecule has 3 aliphatic heterocycles. The zero-order valence-corrected chi connectivity index (χ0v) is 16.4. The van der Waals surface area contributed by atoms with Crippen LogP contribution < -0.4 is 14.2 Å². The van der Waals surface area contributed by atoms with E-state index in [0.717, 1.165) is 5.56 Å². The van der Waals surface area contributed by atoms with E-state index in [2.05, 4.69) is 0 Å². The molecule has 5 rings (SSSR count). The minimum Gasteiger partial charge on any atom is -0.486 e. The molecule has 2 aromatic rings. The van der Waals surface area contributed by atoms with Crippen molar-refractivity contribution in [2.75, 3.05) is 26.3 Å². The summed E-state index contributed by atoms with van der Waals surface area (Å²) in [6.45, 7) is 4.12. The summed E-state index contributed by atoms with van der Waals surface area (Å²) in [7, 11) is 0. The van der Waals surface area contributed by atoms with Crippen LogP contribution in [-0.4, -0.2) is 48.5 Å². The van der Waals surface area contributed by atoms with E-state index in [-0.39, 0.29) is 11.7 Å². The Bertz CT molecular complexity index is 991. The number of ketones is 1. The molecular formula is C23H23NO5. The molecule has 1 spiro atoms. The molecule has 2 aromatic carbocycles. The van der Waals surface area contributed by atoms with E-state index in [0.29, 0.717) is 73.9 Å². The molecule has 3 aliphatic rings. The number of likely N-dealkylation sites (tertiary alicyclic amines) is 1. The average molecular weight is 393 g/mol. The highest BCUT2D eigenvalue weighted by Crippen LogP contribution is 2.40. The zero-order chi connectivity index (χ0) is 20.0. The lowest BCUT2D eigenvalue weighted by molar-refractivity contribution is -0.00574. The second-order valence-corrected chi connectivity index (χ2v) is 8.04. The van der Waals surface area contributed by atoms with Crippen LogP contribution in [0.5, 0.6) is 17.2 Å². The van der Waals surface area contributed by atoms with Gasteiger partial charge in [-0.1, -0.05) is 6.07 Å². The molecule has 0 atom stereocenters. The van der Waals surface area contributed by atoms with Gasteiger partial charge in [-0.05, 0) is 42.8 Å². The van der Waals surface area contributed by atoms with Gasteiger partial charge in [-0.3, -0.25) is 9.59 Å². The maximum absolute atomic E-state index is 13.0. The zero-order valence-electron chi connectivity index (χ0n) is 16.4. The molecule has 6 heteroatoms. The SMILES string of the molecule is Cc1ccc2c(c1)OC1(CCN(C(=O)c3ccc4c(c3)OCCO4)CC1)CC2=O. The van der Waals surface area contributed by atoms with Gasteiger partial charge >= 0.3 is 0 Å². The molecule has 6 nitrogen and oxygen atoms in total. The van der Waals surface area contributed by atoms with Crippen LogP contribution in [0.3, 0.4) is 0 Å². The van der Waals surface area contributed by atoms with Crippen molar-refractivity contribution in [1.29, 1.82) is 0 Å². The molecule has 0 bridgehead atoms. The van der Waals surface area contributed by atoms with Gasteiger partial charge in [0.1, 0.15) is 24.6 Å². The number of benzene rings is 2. The lowest BCUT2D eigenvalue weighted by Crippen LogP contribution is -2.52. The third-order valence-corrected chi connectivity index (χ3v) is 6.00. The highest BCUT2D eigenvalue weighted by molar-refractivity contribution is 6.00. The molecule has 0 radical (unpaired) electrons. The second-order valence-electron chi connectivity index (χ2n) is 8.04. The first-order valence-electron chi connectivity index (χ1n) is 10.0. The van der Waals surface area contributed by atoms with E-state index < -0.39 is 5.60 Å². The summed E-state index contributed by atoms with van der Waals surface area (Å²) in [6, 6.07) is 11.0. The first kappa shape index (κ1) is 18.0. The summed E-state index contributed by atoms with van der Waals surface area (Å²) < 4.78 is 17.4. The lowest BCUT2D eigenvalue weighted by Gasteiger charge is -2.44. The van der Waals surface area contributed by atoms with Crippen LogP contribution in [0.25, 0.3) is 0 Å². The highest BCUT2D eigenvalue weighted by Gasteiger charge is 2.43. The van der Waals surface area contributed by atoms with E-state index >= 15 is 0 Å². The van der Waals surface area contributed by atoms with Crippen molar-refractivity contribution in [2.45, 2.75) is 31.8 Å². The van der Waals surface area contributed by atoms with E-state index in [1.165, 1.54) is 0 Å². The third-order valence-electron chi connectivity index (χ3n) is 6.00. The molecule has 0 N–H and O–H groups in total. The van der Waals surface area contributed by atoms with Gasteiger partial charge in [0.25, 0.3) is 5.91 Å². The maximum atomic E-state index is 13.0. The number of fused-ring (bicyclic) bond motifs is 2. The molecule has 1 saturated heterocycles. The molecule has 0 unspecified atom stereocenters. The Morgan fingerprint density at radius 1 is 0.966 bits per heavy atom. The smallest absolute Gasteiger partial charge is 0.253 e. The van der Waals surface area contributed by atoms with Crippen molar-refractivity contribution in [3.63, 3.8) is 0 Å². The fourth-order valence-corrected chi connectivity index (χ4v) is 4.36. The van der Waals surface area contributed by atoms with Gasteiger partial charge in [0.15, 0.2) is 17.3 Å². The van der Waals surface area contributed by atoms with Crippen molar-refractivity contribution in [1.82, 2.24) is 4.90 Å². The molecule has 1 fully saturated rings.